The van der Waals surface area contributed by atoms with E-state index in [-0.39, 0.29) is 29.4 Å². The molecule has 0 unspecified atom stereocenters. The summed E-state index contributed by atoms with van der Waals surface area (Å²) in [6.07, 6.45) is 0.0255. The Morgan fingerprint density at radius 3 is 1.88 bits per heavy atom. The van der Waals surface area contributed by atoms with E-state index in [9.17, 15) is 4.79 Å². The molecule has 0 atom stereocenters. The molecule has 48 valence electrons. The maximum absolute atomic E-state index is 10.0. The van der Waals surface area contributed by atoms with E-state index in [1.807, 2.05) is 13.8 Å². The van der Waals surface area contributed by atoms with Crippen LogP contribution in [-0.4, -0.2) is 29.4 Å². The van der Waals surface area contributed by atoms with Crippen molar-refractivity contribution in [1.82, 2.24) is 0 Å². The van der Waals surface area contributed by atoms with Crippen molar-refractivity contribution in [2.75, 3.05) is 0 Å². The van der Waals surface area contributed by atoms with Gasteiger partial charge in [0.25, 0.3) is 0 Å². The maximum atomic E-state index is 10.0. The molecule has 0 aromatic carbocycles. The van der Waals surface area contributed by atoms with Crippen LogP contribution in [0.15, 0.2) is 0 Å². The summed E-state index contributed by atoms with van der Waals surface area (Å²) in [5.74, 6) is -0.213. The molecule has 0 fully saturated rings. The van der Waals surface area contributed by atoms with Crippen molar-refractivity contribution in [3.63, 3.8) is 0 Å². The van der Waals surface area contributed by atoms with Crippen molar-refractivity contribution in [2.24, 2.45) is 0 Å². The normalized spacial score (nSPS) is 8.00. The third kappa shape index (κ3) is 9.38. The molecule has 0 radical (unpaired) electrons. The van der Waals surface area contributed by atoms with Crippen LogP contribution in [0.4, 0.5) is 0 Å². The van der Waals surface area contributed by atoms with Gasteiger partial charge in [0.2, 0.25) is 0 Å². The van der Waals surface area contributed by atoms with Crippen molar-refractivity contribution in [3.05, 3.63) is 0 Å². The van der Waals surface area contributed by atoms with E-state index in [0.717, 1.165) is 0 Å². The molecule has 8 heavy (non-hydrogen) atoms. The zero-order valence-electron chi connectivity index (χ0n) is 4.89. The molecule has 0 aliphatic heterocycles. The molecule has 0 saturated heterocycles. The van der Waals surface area contributed by atoms with E-state index >= 15 is 0 Å². The quantitative estimate of drug-likeness (QED) is 0.364. The molecule has 0 aromatic rings. The van der Waals surface area contributed by atoms with E-state index in [0.29, 0.717) is 0 Å². The Morgan fingerprint density at radius 1 is 1.50 bits per heavy atom. The van der Waals surface area contributed by atoms with Crippen LogP contribution in [0.25, 0.3) is 0 Å². The zero-order chi connectivity index (χ0) is 5.86. The zero-order valence-corrected chi connectivity index (χ0v) is 4.89. The number of carbonyl (C=O) groups is 1. The molecule has 2 nitrogen and oxygen atoms in total. The van der Waals surface area contributed by atoms with Gasteiger partial charge in [-0.1, -0.05) is 0 Å². The van der Waals surface area contributed by atoms with Gasteiger partial charge < -0.3 is 4.74 Å². The van der Waals surface area contributed by atoms with Crippen LogP contribution in [0.2, 0.25) is 0 Å². The van der Waals surface area contributed by atoms with Crippen molar-refractivity contribution in [2.45, 2.75) is 26.9 Å². The summed E-state index contributed by atoms with van der Waals surface area (Å²) in [5.41, 5.74) is 0. The average Bonchev–Trinajstić information content (AvgIpc) is 1.27. The number of rotatable bonds is 1. The summed E-state index contributed by atoms with van der Waals surface area (Å²) in [6.45, 7) is 5.04. The van der Waals surface area contributed by atoms with E-state index in [1.165, 1.54) is 6.92 Å². The van der Waals surface area contributed by atoms with Gasteiger partial charge in [-0.2, -0.15) is 0 Å². The molecule has 0 saturated carbocycles. The van der Waals surface area contributed by atoms with Gasteiger partial charge in [-0.25, -0.2) is 0 Å². The van der Waals surface area contributed by atoms with Crippen LogP contribution in [0, 0.1) is 0 Å². The topological polar surface area (TPSA) is 26.3 Å². The molecule has 0 aromatic heterocycles. The van der Waals surface area contributed by atoms with E-state index in [1.54, 1.807) is 0 Å². The summed E-state index contributed by atoms with van der Waals surface area (Å²) in [7, 11) is 0. The molecule has 0 amide bonds. The lowest BCUT2D eigenvalue weighted by Crippen LogP contribution is -2.06. The highest BCUT2D eigenvalue weighted by Crippen LogP contribution is 1.85. The van der Waals surface area contributed by atoms with Crippen LogP contribution < -0.4 is 0 Å². The first-order valence-corrected chi connectivity index (χ1v) is 2.30. The SMILES string of the molecule is CC(=O)OC(C)C.[AlH3]. The Balaban J connectivity index is 0. The highest BCUT2D eigenvalue weighted by atomic mass is 27.0. The van der Waals surface area contributed by atoms with Gasteiger partial charge in [0.1, 0.15) is 0 Å². The van der Waals surface area contributed by atoms with Gasteiger partial charge in [-0.15, -0.1) is 0 Å². The lowest BCUT2D eigenvalue weighted by Gasteiger charge is -2.01. The first kappa shape index (κ1) is 10.9. The first-order valence-electron chi connectivity index (χ1n) is 2.30. The second-order valence-electron chi connectivity index (χ2n) is 1.66. The summed E-state index contributed by atoms with van der Waals surface area (Å²) in [5, 5.41) is 0. The average molecular weight is 132 g/mol. The molecule has 0 spiro atoms. The smallest absolute Gasteiger partial charge is 0.302 e. The summed E-state index contributed by atoms with van der Waals surface area (Å²) in [4.78, 5) is 10.0. The Bertz CT molecular complexity index is 70.8. The Morgan fingerprint density at radius 2 is 1.88 bits per heavy atom. The minimum atomic E-state index is -0.213. The third-order valence-corrected chi connectivity index (χ3v) is 0.402. The fraction of sp³-hybridized carbons (Fsp3) is 0.800. The van der Waals surface area contributed by atoms with Crippen LogP contribution >= 0.6 is 0 Å². The van der Waals surface area contributed by atoms with E-state index in [2.05, 4.69) is 4.74 Å². The van der Waals surface area contributed by atoms with Gasteiger partial charge in [-0.05, 0) is 13.8 Å². The second-order valence-corrected chi connectivity index (χ2v) is 1.66. The van der Waals surface area contributed by atoms with Gasteiger partial charge in [-0.3, -0.25) is 4.79 Å². The number of hydrogen-bond donors (Lipinski definition) is 0. The van der Waals surface area contributed by atoms with Crippen molar-refractivity contribution in [1.29, 1.82) is 0 Å². The standard InChI is InChI=1S/C5H10O2.Al.3H/c1-4(2)7-5(3)6;;;;/h4H,1-3H3;;;;. The fourth-order valence-corrected chi connectivity index (χ4v) is 0.332. The summed E-state index contributed by atoms with van der Waals surface area (Å²) in [6, 6.07) is 0. The second kappa shape index (κ2) is 5.15. The number of carbonyl (C=O) groups excluding carboxylic acids is 1. The predicted molar refractivity (Wildman–Crippen MR) is 36.8 cm³/mol. The van der Waals surface area contributed by atoms with Crippen LogP contribution in [-0.2, 0) is 9.53 Å². The number of esters is 1. The molecule has 0 aliphatic rings. The summed E-state index contributed by atoms with van der Waals surface area (Å²) >= 11 is 0. The highest BCUT2D eigenvalue weighted by molar-refractivity contribution is 5.75. The van der Waals surface area contributed by atoms with Crippen LogP contribution in [0.5, 0.6) is 0 Å². The number of hydrogen-bond acceptors (Lipinski definition) is 2. The lowest BCUT2D eigenvalue weighted by atomic mass is 10.5. The Hall–Kier alpha value is 0.00247. The molecule has 0 bridgehead atoms. The van der Waals surface area contributed by atoms with Gasteiger partial charge in [0.05, 0.1) is 6.10 Å². The van der Waals surface area contributed by atoms with Gasteiger partial charge in [0, 0.05) is 6.92 Å². The maximum Gasteiger partial charge on any atom is 0.302 e. The van der Waals surface area contributed by atoms with Gasteiger partial charge >= 0.3 is 5.97 Å². The van der Waals surface area contributed by atoms with Crippen molar-refractivity contribution >= 4 is 23.3 Å². The van der Waals surface area contributed by atoms with Crippen LogP contribution in [0.1, 0.15) is 20.8 Å². The van der Waals surface area contributed by atoms with Gasteiger partial charge in [0.15, 0.2) is 17.4 Å². The highest BCUT2D eigenvalue weighted by Gasteiger charge is 1.93. The van der Waals surface area contributed by atoms with Crippen LogP contribution in [0.3, 0.4) is 0 Å². The first-order chi connectivity index (χ1) is 3.13. The Kier molecular flexibility index (Phi) is 7.00. The van der Waals surface area contributed by atoms with Crippen molar-refractivity contribution in [3.8, 4) is 0 Å². The molecular formula is C5H13AlO2. The lowest BCUT2D eigenvalue weighted by molar-refractivity contribution is -0.144. The monoisotopic (exact) mass is 132 g/mol. The summed E-state index contributed by atoms with van der Waals surface area (Å²) < 4.78 is 4.61. The molecular weight excluding hydrogens is 119 g/mol. The minimum Gasteiger partial charge on any atom is -0.463 e. The molecule has 3 heteroatoms. The molecule has 0 aliphatic carbocycles. The third-order valence-electron chi connectivity index (χ3n) is 0.402. The largest absolute Gasteiger partial charge is 0.463 e. The minimum absolute atomic E-state index is 0. The molecule has 0 rings (SSSR count). The predicted octanol–water partition coefficient (Wildman–Crippen LogP) is -0.226. The van der Waals surface area contributed by atoms with E-state index in [4.69, 9.17) is 0 Å². The number of ether oxygens (including phenoxy) is 1. The fourth-order valence-electron chi connectivity index (χ4n) is 0.332. The molecule has 0 N–H and O–H groups in total. The van der Waals surface area contributed by atoms with E-state index < -0.39 is 0 Å². The van der Waals surface area contributed by atoms with Crippen molar-refractivity contribution < 1.29 is 9.53 Å². The molecule has 0 heterocycles. The Labute approximate surface area is 60.3 Å².